The van der Waals surface area contributed by atoms with Crippen molar-refractivity contribution in [3.63, 3.8) is 0 Å². The average Bonchev–Trinajstić information content (AvgIpc) is 2.98. The van der Waals surface area contributed by atoms with Gasteiger partial charge < -0.3 is 4.74 Å². The van der Waals surface area contributed by atoms with Gasteiger partial charge in [-0.2, -0.15) is 0 Å². The fourth-order valence-electron chi connectivity index (χ4n) is 4.46. The number of amides is 2. The molecule has 0 radical (unpaired) electrons. The highest BCUT2D eigenvalue weighted by Gasteiger charge is 2.52. The fourth-order valence-corrected chi connectivity index (χ4v) is 5.70. The van der Waals surface area contributed by atoms with Crippen LogP contribution in [-0.4, -0.2) is 27.4 Å². The number of carbonyl (C=O) groups excluding carboxylic acids is 3. The number of fused-ring (bicyclic) bond motifs is 1. The molecule has 0 N–H and O–H groups in total. The van der Waals surface area contributed by atoms with Crippen molar-refractivity contribution < 1.29 is 19.1 Å². The van der Waals surface area contributed by atoms with E-state index in [1.807, 2.05) is 0 Å². The Morgan fingerprint density at radius 2 is 1.48 bits per heavy atom. The van der Waals surface area contributed by atoms with Crippen LogP contribution in [0.15, 0.2) is 24.3 Å². The maximum absolute atomic E-state index is 13.1. The van der Waals surface area contributed by atoms with E-state index < -0.39 is 0 Å². The molecule has 170 valence electrons. The van der Waals surface area contributed by atoms with Crippen molar-refractivity contribution in [2.24, 2.45) is 11.8 Å². The maximum atomic E-state index is 13.1. The van der Waals surface area contributed by atoms with Gasteiger partial charge in [0.1, 0.15) is 0 Å². The van der Waals surface area contributed by atoms with Crippen molar-refractivity contribution >= 4 is 55.3 Å². The van der Waals surface area contributed by atoms with Crippen molar-refractivity contribution in [1.82, 2.24) is 0 Å². The molecule has 0 unspecified atom stereocenters. The standard InChI is InChI=1S/C24H31Br2NO4/c1-2-3-4-5-6-7-8-13-22(28)31-21-12-10-9-11-20(21)27-23(29)16-14-18(25)19(26)15-17(16)24(27)30/h9-12,16-19H,2-8,13-15H2,1H3/t16-,17-,18+,19+/m0/s1. The summed E-state index contributed by atoms with van der Waals surface area (Å²) in [4.78, 5) is 40.1. The highest BCUT2D eigenvalue weighted by atomic mass is 79.9. The summed E-state index contributed by atoms with van der Waals surface area (Å²) < 4.78 is 5.59. The number of carbonyl (C=O) groups is 3. The number of halogens is 2. The third-order valence-corrected chi connectivity index (χ3v) is 8.96. The molecule has 1 aromatic carbocycles. The van der Waals surface area contributed by atoms with E-state index in [4.69, 9.17) is 4.74 Å². The van der Waals surface area contributed by atoms with Gasteiger partial charge in [-0.1, -0.05) is 89.4 Å². The zero-order chi connectivity index (χ0) is 22.4. The zero-order valence-corrected chi connectivity index (χ0v) is 21.2. The smallest absolute Gasteiger partial charge is 0.311 e. The second-order valence-corrected chi connectivity index (χ2v) is 10.9. The quantitative estimate of drug-likeness (QED) is 0.114. The molecule has 1 heterocycles. The van der Waals surface area contributed by atoms with Gasteiger partial charge in [-0.05, 0) is 31.4 Å². The van der Waals surface area contributed by atoms with Gasteiger partial charge in [0.05, 0.1) is 17.5 Å². The molecular formula is C24H31Br2NO4. The molecule has 3 rings (SSSR count). The van der Waals surface area contributed by atoms with E-state index >= 15 is 0 Å². The zero-order valence-electron chi connectivity index (χ0n) is 18.0. The monoisotopic (exact) mass is 555 g/mol. The molecule has 0 bridgehead atoms. The number of ether oxygens (including phenoxy) is 1. The minimum Gasteiger partial charge on any atom is -0.424 e. The summed E-state index contributed by atoms with van der Waals surface area (Å²) in [5, 5.41) is 0. The van der Waals surface area contributed by atoms with Crippen LogP contribution in [0.1, 0.15) is 71.1 Å². The number of esters is 1. The number of rotatable bonds is 10. The minimum atomic E-state index is -0.331. The van der Waals surface area contributed by atoms with Crippen molar-refractivity contribution in [2.45, 2.75) is 80.8 Å². The van der Waals surface area contributed by atoms with Crippen molar-refractivity contribution in [2.75, 3.05) is 4.90 Å². The highest BCUT2D eigenvalue weighted by molar-refractivity contribution is 9.12. The molecule has 0 spiro atoms. The van der Waals surface area contributed by atoms with Gasteiger partial charge in [0, 0.05) is 16.1 Å². The molecular weight excluding hydrogens is 526 g/mol. The SMILES string of the molecule is CCCCCCCCCC(=O)Oc1ccccc1N1C(=O)[C@H]2C[C@@H](Br)[C@H](Br)C[C@@H]2C1=O. The first-order chi connectivity index (χ1) is 14.9. The summed E-state index contributed by atoms with van der Waals surface area (Å²) in [6.07, 6.45) is 9.44. The number of anilines is 1. The van der Waals surface area contributed by atoms with E-state index in [1.54, 1.807) is 24.3 Å². The molecule has 1 saturated heterocycles. The Balaban J connectivity index is 1.61. The number of benzene rings is 1. The fraction of sp³-hybridized carbons (Fsp3) is 0.625. The Hall–Kier alpha value is -1.21. The first-order valence-electron chi connectivity index (χ1n) is 11.4. The average molecular weight is 557 g/mol. The van der Waals surface area contributed by atoms with Gasteiger partial charge in [-0.3, -0.25) is 14.4 Å². The van der Waals surface area contributed by atoms with E-state index in [2.05, 4.69) is 38.8 Å². The highest BCUT2D eigenvalue weighted by Crippen LogP contribution is 2.45. The number of hydrogen-bond donors (Lipinski definition) is 0. The molecule has 1 aliphatic carbocycles. The van der Waals surface area contributed by atoms with Crippen LogP contribution in [0.3, 0.4) is 0 Å². The Kier molecular flexibility index (Phi) is 9.14. The molecule has 1 saturated carbocycles. The van der Waals surface area contributed by atoms with Gasteiger partial charge in [-0.15, -0.1) is 0 Å². The second-order valence-electron chi connectivity index (χ2n) is 8.54. The molecule has 1 aliphatic heterocycles. The van der Waals surface area contributed by atoms with Crippen LogP contribution in [0.2, 0.25) is 0 Å². The Morgan fingerprint density at radius 1 is 0.935 bits per heavy atom. The number of nitrogens with zero attached hydrogens (tertiary/aromatic N) is 1. The van der Waals surface area contributed by atoms with Crippen LogP contribution in [0, 0.1) is 11.8 Å². The molecule has 4 atom stereocenters. The first-order valence-corrected chi connectivity index (χ1v) is 13.2. The molecule has 2 amide bonds. The van der Waals surface area contributed by atoms with Crippen molar-refractivity contribution in [3.8, 4) is 5.75 Å². The number of hydrogen-bond acceptors (Lipinski definition) is 4. The number of para-hydroxylation sites is 2. The topological polar surface area (TPSA) is 63.7 Å². The van der Waals surface area contributed by atoms with Gasteiger partial charge >= 0.3 is 5.97 Å². The van der Waals surface area contributed by atoms with Gasteiger partial charge in [0.25, 0.3) is 0 Å². The second kappa shape index (κ2) is 11.6. The lowest BCUT2D eigenvalue weighted by Gasteiger charge is -2.29. The normalized spacial score (nSPS) is 25.6. The van der Waals surface area contributed by atoms with E-state index in [0.29, 0.717) is 24.9 Å². The summed E-state index contributed by atoms with van der Waals surface area (Å²) in [6, 6.07) is 6.84. The Morgan fingerprint density at radius 3 is 2.10 bits per heavy atom. The van der Waals surface area contributed by atoms with E-state index in [9.17, 15) is 14.4 Å². The van der Waals surface area contributed by atoms with Gasteiger partial charge in [0.2, 0.25) is 11.8 Å². The van der Waals surface area contributed by atoms with Crippen molar-refractivity contribution in [3.05, 3.63) is 24.3 Å². The van der Waals surface area contributed by atoms with Crippen LogP contribution in [0.25, 0.3) is 0 Å². The van der Waals surface area contributed by atoms with Gasteiger partial charge in [0.15, 0.2) is 5.75 Å². The van der Waals surface area contributed by atoms with E-state index in [1.165, 1.54) is 30.6 Å². The molecule has 31 heavy (non-hydrogen) atoms. The largest absolute Gasteiger partial charge is 0.424 e. The molecule has 7 heteroatoms. The predicted molar refractivity (Wildman–Crippen MR) is 129 cm³/mol. The van der Waals surface area contributed by atoms with Crippen LogP contribution in [0.4, 0.5) is 5.69 Å². The molecule has 1 aromatic rings. The Labute approximate surface area is 201 Å². The predicted octanol–water partition coefficient (Wildman–Crippen LogP) is 6.16. The first kappa shape index (κ1) is 24.4. The minimum absolute atomic E-state index is 0.153. The third-order valence-electron chi connectivity index (χ3n) is 6.23. The van der Waals surface area contributed by atoms with Crippen LogP contribution in [0.5, 0.6) is 5.75 Å². The van der Waals surface area contributed by atoms with E-state index in [-0.39, 0.29) is 45.0 Å². The molecule has 2 aliphatic rings. The third kappa shape index (κ3) is 5.98. The number of imide groups is 1. The summed E-state index contributed by atoms with van der Waals surface area (Å²) >= 11 is 7.22. The lowest BCUT2D eigenvalue weighted by molar-refractivity contribution is -0.134. The van der Waals surface area contributed by atoms with Crippen LogP contribution >= 0.6 is 31.9 Å². The lowest BCUT2D eigenvalue weighted by atomic mass is 9.81. The number of unbranched alkanes of at least 4 members (excludes halogenated alkanes) is 6. The number of alkyl halides is 2. The summed E-state index contributed by atoms with van der Waals surface area (Å²) in [7, 11) is 0. The van der Waals surface area contributed by atoms with Crippen LogP contribution in [-0.2, 0) is 14.4 Å². The van der Waals surface area contributed by atoms with Crippen molar-refractivity contribution in [1.29, 1.82) is 0 Å². The van der Waals surface area contributed by atoms with Gasteiger partial charge in [-0.25, -0.2) is 4.90 Å². The molecule has 5 nitrogen and oxygen atoms in total. The van der Waals surface area contributed by atoms with Crippen LogP contribution < -0.4 is 9.64 Å². The summed E-state index contributed by atoms with van der Waals surface area (Å²) in [6.45, 7) is 2.20. The summed E-state index contributed by atoms with van der Waals surface area (Å²) in [5.41, 5.74) is 0.372. The molecule has 2 fully saturated rings. The lowest BCUT2D eigenvalue weighted by Crippen LogP contribution is -2.34. The Bertz CT molecular complexity index is 772. The van der Waals surface area contributed by atoms with E-state index in [0.717, 1.165) is 19.3 Å². The summed E-state index contributed by atoms with van der Waals surface area (Å²) in [5.74, 6) is -1.10. The maximum Gasteiger partial charge on any atom is 0.311 e. The molecule has 0 aromatic heterocycles.